The first-order chi connectivity index (χ1) is 14.1. The molecule has 1 N–H and O–H groups in total. The minimum atomic E-state index is -0.0234. The Morgan fingerprint density at radius 3 is 2.76 bits per heavy atom. The molecule has 29 heavy (non-hydrogen) atoms. The molecule has 0 radical (unpaired) electrons. The van der Waals surface area contributed by atoms with Gasteiger partial charge < -0.3 is 14.8 Å². The second kappa shape index (κ2) is 8.19. The van der Waals surface area contributed by atoms with Crippen LogP contribution in [0.3, 0.4) is 0 Å². The first-order valence-corrected chi connectivity index (χ1v) is 10.4. The van der Waals surface area contributed by atoms with Crippen molar-refractivity contribution < 1.29 is 4.79 Å². The number of nitrogens with zero attached hydrogens (tertiary/aromatic N) is 5. The summed E-state index contributed by atoms with van der Waals surface area (Å²) in [6.07, 6.45) is 1.98. The molecule has 1 aromatic carbocycles. The molecule has 1 atom stereocenters. The first-order valence-electron chi connectivity index (χ1n) is 10.4. The van der Waals surface area contributed by atoms with Crippen LogP contribution < -0.4 is 4.90 Å². The fourth-order valence-corrected chi connectivity index (χ4v) is 4.02. The van der Waals surface area contributed by atoms with Crippen LogP contribution in [0.2, 0.25) is 0 Å². The number of H-pyrrole nitrogens is 1. The van der Waals surface area contributed by atoms with E-state index in [1.54, 1.807) is 6.07 Å². The highest BCUT2D eigenvalue weighted by Gasteiger charge is 2.28. The first kappa shape index (κ1) is 19.4. The van der Waals surface area contributed by atoms with E-state index in [2.05, 4.69) is 33.7 Å². The minimum Gasteiger partial charge on any atom is -0.342 e. The van der Waals surface area contributed by atoms with E-state index in [9.17, 15) is 4.79 Å². The monoisotopic (exact) mass is 392 g/mol. The minimum absolute atomic E-state index is 0.0234. The summed E-state index contributed by atoms with van der Waals surface area (Å²) >= 11 is 0. The number of piperidine rings is 1. The number of nitrogens with one attached hydrogen (secondary N) is 1. The summed E-state index contributed by atoms with van der Waals surface area (Å²) < 4.78 is 0. The van der Waals surface area contributed by atoms with Crippen LogP contribution in [-0.2, 0) is 0 Å². The predicted molar refractivity (Wildman–Crippen MR) is 114 cm³/mol. The van der Waals surface area contributed by atoms with Gasteiger partial charge in [-0.3, -0.25) is 4.79 Å². The Morgan fingerprint density at radius 2 is 2.00 bits per heavy atom. The number of hydrogen-bond donors (Lipinski definition) is 1. The Kier molecular flexibility index (Phi) is 5.47. The Morgan fingerprint density at radius 1 is 1.21 bits per heavy atom. The Hall–Kier alpha value is -2.96. The molecule has 1 aliphatic rings. The van der Waals surface area contributed by atoms with Gasteiger partial charge in [0.15, 0.2) is 0 Å². The third-order valence-electron chi connectivity index (χ3n) is 5.61. The molecule has 3 heterocycles. The molecular formula is C22H28N6O. The topological polar surface area (TPSA) is 78.0 Å². The van der Waals surface area contributed by atoms with Crippen molar-refractivity contribution in [2.24, 2.45) is 0 Å². The van der Waals surface area contributed by atoms with Crippen LogP contribution in [0.5, 0.6) is 0 Å². The summed E-state index contributed by atoms with van der Waals surface area (Å²) in [7, 11) is 0. The second-order valence-electron chi connectivity index (χ2n) is 7.60. The van der Waals surface area contributed by atoms with Gasteiger partial charge in [-0.25, -0.2) is 15.0 Å². The molecule has 4 rings (SSSR count). The SMILES string of the molecule is CCN(CC)c1nc(C)cc(C(=O)N2CCCC(c3nc4ccccc4[nH]3)C2)n1. The molecule has 7 heteroatoms. The molecule has 0 saturated carbocycles. The lowest BCUT2D eigenvalue weighted by atomic mass is 9.97. The number of fused-ring (bicyclic) bond motifs is 1. The number of carbonyl (C=O) groups excluding carboxylic acids is 1. The molecule has 3 aromatic rings. The van der Waals surface area contributed by atoms with Crippen molar-refractivity contribution in [1.82, 2.24) is 24.8 Å². The number of amides is 1. The standard InChI is InChI=1S/C22H28N6O/c1-4-27(5-2)22-23-15(3)13-19(26-22)21(29)28-12-8-9-16(14-28)20-24-17-10-6-7-11-18(17)25-20/h6-7,10-11,13,16H,4-5,8-9,12,14H2,1-3H3,(H,24,25). The fourth-order valence-electron chi connectivity index (χ4n) is 4.02. The maximum atomic E-state index is 13.2. The van der Waals surface area contributed by atoms with Crippen LogP contribution in [-0.4, -0.2) is 56.9 Å². The van der Waals surface area contributed by atoms with Crippen molar-refractivity contribution in [2.45, 2.75) is 39.5 Å². The molecule has 0 spiro atoms. The van der Waals surface area contributed by atoms with Crippen molar-refractivity contribution in [1.29, 1.82) is 0 Å². The van der Waals surface area contributed by atoms with Gasteiger partial charge in [-0.1, -0.05) is 12.1 Å². The van der Waals surface area contributed by atoms with Crippen molar-refractivity contribution in [3.05, 3.63) is 47.5 Å². The number of aromatic nitrogens is 4. The second-order valence-corrected chi connectivity index (χ2v) is 7.60. The number of carbonyl (C=O) groups is 1. The number of hydrogen-bond acceptors (Lipinski definition) is 5. The van der Waals surface area contributed by atoms with Crippen LogP contribution in [0.15, 0.2) is 30.3 Å². The zero-order valence-corrected chi connectivity index (χ0v) is 17.4. The van der Waals surface area contributed by atoms with Gasteiger partial charge in [-0.15, -0.1) is 0 Å². The summed E-state index contributed by atoms with van der Waals surface area (Å²) in [5, 5.41) is 0. The highest BCUT2D eigenvalue weighted by Crippen LogP contribution is 2.27. The van der Waals surface area contributed by atoms with Gasteiger partial charge in [0.2, 0.25) is 5.95 Å². The van der Waals surface area contributed by atoms with E-state index in [0.717, 1.165) is 55.0 Å². The van der Waals surface area contributed by atoms with E-state index in [1.807, 2.05) is 36.1 Å². The molecule has 2 aromatic heterocycles. The number of benzene rings is 1. The van der Waals surface area contributed by atoms with Crippen LogP contribution >= 0.6 is 0 Å². The van der Waals surface area contributed by atoms with Crippen molar-refractivity contribution in [3.63, 3.8) is 0 Å². The summed E-state index contributed by atoms with van der Waals surface area (Å²) in [4.78, 5) is 34.5. The normalized spacial score (nSPS) is 16.9. The summed E-state index contributed by atoms with van der Waals surface area (Å²) in [6.45, 7) is 9.08. The number of rotatable bonds is 5. The Labute approximate surface area is 171 Å². The molecule has 1 fully saturated rings. The number of aryl methyl sites for hydroxylation is 1. The lowest BCUT2D eigenvalue weighted by Crippen LogP contribution is -2.40. The average Bonchev–Trinajstić information content (AvgIpc) is 3.18. The van der Waals surface area contributed by atoms with Crippen molar-refractivity contribution in [2.75, 3.05) is 31.1 Å². The fraction of sp³-hybridized carbons (Fsp3) is 0.455. The number of aromatic amines is 1. The third-order valence-corrected chi connectivity index (χ3v) is 5.61. The number of anilines is 1. The quantitative estimate of drug-likeness (QED) is 0.719. The van der Waals surface area contributed by atoms with E-state index < -0.39 is 0 Å². The maximum absolute atomic E-state index is 13.2. The number of imidazole rings is 1. The van der Waals surface area contributed by atoms with E-state index in [-0.39, 0.29) is 11.8 Å². The highest BCUT2D eigenvalue weighted by atomic mass is 16.2. The van der Waals surface area contributed by atoms with Gasteiger partial charge >= 0.3 is 0 Å². The van der Waals surface area contributed by atoms with Crippen molar-refractivity contribution in [3.8, 4) is 0 Å². The molecule has 1 aliphatic heterocycles. The summed E-state index contributed by atoms with van der Waals surface area (Å²) in [5.74, 6) is 1.78. The van der Waals surface area contributed by atoms with Crippen LogP contribution in [0.1, 0.15) is 54.6 Å². The zero-order valence-electron chi connectivity index (χ0n) is 17.4. The Bertz CT molecular complexity index is 976. The molecule has 0 aliphatic carbocycles. The summed E-state index contributed by atoms with van der Waals surface area (Å²) in [5.41, 5.74) is 3.31. The molecule has 152 valence electrons. The molecular weight excluding hydrogens is 364 g/mol. The van der Waals surface area contributed by atoms with Gasteiger partial charge in [0.05, 0.1) is 11.0 Å². The highest BCUT2D eigenvalue weighted by molar-refractivity contribution is 5.92. The largest absolute Gasteiger partial charge is 0.342 e. The number of para-hydroxylation sites is 2. The zero-order chi connectivity index (χ0) is 20.4. The van der Waals surface area contributed by atoms with Crippen LogP contribution in [0.25, 0.3) is 11.0 Å². The molecule has 1 saturated heterocycles. The van der Waals surface area contributed by atoms with E-state index in [0.29, 0.717) is 18.2 Å². The van der Waals surface area contributed by atoms with Gasteiger partial charge in [-0.05, 0) is 51.8 Å². The van der Waals surface area contributed by atoms with Crippen LogP contribution in [0, 0.1) is 6.92 Å². The van der Waals surface area contributed by atoms with Gasteiger partial charge in [-0.2, -0.15) is 0 Å². The van der Waals surface area contributed by atoms with Gasteiger partial charge in [0, 0.05) is 37.8 Å². The van der Waals surface area contributed by atoms with E-state index >= 15 is 0 Å². The maximum Gasteiger partial charge on any atom is 0.272 e. The molecule has 0 bridgehead atoms. The van der Waals surface area contributed by atoms with Crippen LogP contribution in [0.4, 0.5) is 5.95 Å². The van der Waals surface area contributed by atoms with E-state index in [4.69, 9.17) is 4.98 Å². The molecule has 1 unspecified atom stereocenters. The average molecular weight is 393 g/mol. The molecule has 7 nitrogen and oxygen atoms in total. The summed E-state index contributed by atoms with van der Waals surface area (Å²) in [6, 6.07) is 9.84. The lowest BCUT2D eigenvalue weighted by molar-refractivity contribution is 0.0698. The Balaban J connectivity index is 1.56. The third kappa shape index (κ3) is 3.95. The van der Waals surface area contributed by atoms with Crippen molar-refractivity contribution >= 4 is 22.9 Å². The molecule has 1 amide bonds. The predicted octanol–water partition coefficient (Wildman–Crippen LogP) is 3.53. The van der Waals surface area contributed by atoms with E-state index in [1.165, 1.54) is 0 Å². The van der Waals surface area contributed by atoms with Gasteiger partial charge in [0.25, 0.3) is 5.91 Å². The number of likely N-dealkylation sites (tertiary alicyclic amines) is 1. The smallest absolute Gasteiger partial charge is 0.272 e. The van der Waals surface area contributed by atoms with Gasteiger partial charge in [0.1, 0.15) is 11.5 Å². The lowest BCUT2D eigenvalue weighted by Gasteiger charge is -2.32.